The number of amides is 2. The van der Waals surface area contributed by atoms with Crippen molar-refractivity contribution in [3.8, 4) is 0 Å². The van der Waals surface area contributed by atoms with Gasteiger partial charge < -0.3 is 10.6 Å². The largest absolute Gasteiger partial charge is 0.327 e. The van der Waals surface area contributed by atoms with Gasteiger partial charge in [0.25, 0.3) is 0 Å². The molecule has 0 spiro atoms. The van der Waals surface area contributed by atoms with Gasteiger partial charge in [0.2, 0.25) is 0 Å². The highest BCUT2D eigenvalue weighted by Crippen LogP contribution is 2.23. The van der Waals surface area contributed by atoms with Gasteiger partial charge >= 0.3 is 6.03 Å². The summed E-state index contributed by atoms with van der Waals surface area (Å²) in [5.41, 5.74) is 2.73. The van der Waals surface area contributed by atoms with Gasteiger partial charge in [-0.2, -0.15) is 0 Å². The van der Waals surface area contributed by atoms with Crippen molar-refractivity contribution in [2.45, 2.75) is 10.9 Å². The molecular formula is C20H18N2OS. The number of thiol groups is 1. The van der Waals surface area contributed by atoms with E-state index in [1.807, 2.05) is 84.9 Å². The summed E-state index contributed by atoms with van der Waals surface area (Å²) in [6.07, 6.45) is 0. The van der Waals surface area contributed by atoms with Crippen LogP contribution in [0.25, 0.3) is 0 Å². The van der Waals surface area contributed by atoms with Crippen molar-refractivity contribution in [2.24, 2.45) is 0 Å². The van der Waals surface area contributed by atoms with Crippen molar-refractivity contribution >= 4 is 24.3 Å². The van der Waals surface area contributed by atoms with E-state index in [1.165, 1.54) is 0 Å². The molecule has 3 nitrogen and oxygen atoms in total. The summed E-state index contributed by atoms with van der Waals surface area (Å²) in [6, 6.07) is 26.7. The highest BCUT2D eigenvalue weighted by atomic mass is 32.1. The van der Waals surface area contributed by atoms with E-state index >= 15 is 0 Å². The van der Waals surface area contributed by atoms with E-state index in [2.05, 4.69) is 23.3 Å². The maximum atomic E-state index is 12.5. The van der Waals surface area contributed by atoms with Gasteiger partial charge in [-0.05, 0) is 23.3 Å². The van der Waals surface area contributed by atoms with Crippen LogP contribution in [0.3, 0.4) is 0 Å². The third-order valence-electron chi connectivity index (χ3n) is 3.69. The lowest BCUT2D eigenvalue weighted by Crippen LogP contribution is -2.33. The van der Waals surface area contributed by atoms with E-state index in [4.69, 9.17) is 0 Å². The van der Waals surface area contributed by atoms with Crippen LogP contribution in [-0.2, 0) is 0 Å². The SMILES string of the molecule is O=C(Nc1ccccc1S)NC(c1ccccc1)c1ccccc1. The Bertz CT molecular complexity index is 767. The fourth-order valence-corrected chi connectivity index (χ4v) is 2.74. The summed E-state index contributed by atoms with van der Waals surface area (Å²) in [7, 11) is 0. The Hall–Kier alpha value is -2.72. The van der Waals surface area contributed by atoms with E-state index in [9.17, 15) is 4.79 Å². The molecule has 24 heavy (non-hydrogen) atoms. The van der Waals surface area contributed by atoms with Gasteiger partial charge in [-0.3, -0.25) is 0 Å². The molecule has 0 unspecified atom stereocenters. The lowest BCUT2D eigenvalue weighted by atomic mass is 9.99. The second-order valence-corrected chi connectivity index (χ2v) is 5.85. The van der Waals surface area contributed by atoms with E-state index in [0.717, 1.165) is 16.0 Å². The molecule has 3 aromatic carbocycles. The summed E-state index contributed by atoms with van der Waals surface area (Å²) in [5.74, 6) is 0. The van der Waals surface area contributed by atoms with Crippen molar-refractivity contribution in [2.75, 3.05) is 5.32 Å². The first-order chi connectivity index (χ1) is 11.7. The minimum Gasteiger partial charge on any atom is -0.327 e. The predicted octanol–water partition coefficient (Wildman–Crippen LogP) is 4.89. The number of anilines is 1. The van der Waals surface area contributed by atoms with Crippen molar-refractivity contribution in [1.29, 1.82) is 0 Å². The van der Waals surface area contributed by atoms with Gasteiger partial charge in [-0.25, -0.2) is 4.79 Å². The molecular weight excluding hydrogens is 316 g/mol. The van der Waals surface area contributed by atoms with Crippen molar-refractivity contribution in [1.82, 2.24) is 5.32 Å². The minimum absolute atomic E-state index is 0.223. The van der Waals surface area contributed by atoms with Gasteiger partial charge in [0, 0.05) is 4.90 Å². The molecule has 0 radical (unpaired) electrons. The van der Waals surface area contributed by atoms with Crippen LogP contribution in [0.15, 0.2) is 89.8 Å². The average molecular weight is 334 g/mol. The van der Waals surface area contributed by atoms with Crippen molar-refractivity contribution in [3.05, 3.63) is 96.1 Å². The van der Waals surface area contributed by atoms with E-state index in [-0.39, 0.29) is 12.1 Å². The minimum atomic E-state index is -0.269. The molecule has 0 heterocycles. The molecule has 0 saturated heterocycles. The summed E-state index contributed by atoms with van der Waals surface area (Å²) in [5, 5.41) is 5.90. The smallest absolute Gasteiger partial charge is 0.320 e. The zero-order chi connectivity index (χ0) is 16.8. The Morgan fingerprint density at radius 1 is 0.750 bits per heavy atom. The summed E-state index contributed by atoms with van der Waals surface area (Å²) < 4.78 is 0. The molecule has 0 bridgehead atoms. The Morgan fingerprint density at radius 3 is 1.79 bits per heavy atom. The summed E-state index contributed by atoms with van der Waals surface area (Å²) >= 11 is 4.36. The Balaban J connectivity index is 1.82. The van der Waals surface area contributed by atoms with Crippen LogP contribution in [0.2, 0.25) is 0 Å². The molecule has 120 valence electrons. The van der Waals surface area contributed by atoms with E-state index in [0.29, 0.717) is 5.69 Å². The standard InChI is InChI=1S/C20H18N2OS/c23-20(21-17-13-7-8-14-18(17)24)22-19(15-9-3-1-4-10-15)16-11-5-2-6-12-16/h1-14,19,24H,(H2,21,22,23). The Labute approximate surface area is 147 Å². The van der Waals surface area contributed by atoms with Crippen LogP contribution < -0.4 is 10.6 Å². The highest BCUT2D eigenvalue weighted by molar-refractivity contribution is 7.80. The maximum absolute atomic E-state index is 12.5. The molecule has 0 aliphatic carbocycles. The fourth-order valence-electron chi connectivity index (χ4n) is 2.52. The lowest BCUT2D eigenvalue weighted by molar-refractivity contribution is 0.250. The van der Waals surface area contributed by atoms with Gasteiger partial charge in [-0.1, -0.05) is 72.8 Å². The first-order valence-corrected chi connectivity index (χ1v) is 8.14. The number of benzene rings is 3. The highest BCUT2D eigenvalue weighted by Gasteiger charge is 2.16. The van der Waals surface area contributed by atoms with Crippen LogP contribution in [0.4, 0.5) is 10.5 Å². The topological polar surface area (TPSA) is 41.1 Å². The molecule has 3 rings (SSSR count). The quantitative estimate of drug-likeness (QED) is 0.584. The zero-order valence-electron chi connectivity index (χ0n) is 13.0. The first-order valence-electron chi connectivity index (χ1n) is 7.69. The number of hydrogen-bond acceptors (Lipinski definition) is 2. The second kappa shape index (κ2) is 7.70. The van der Waals surface area contributed by atoms with Crippen LogP contribution >= 0.6 is 12.6 Å². The maximum Gasteiger partial charge on any atom is 0.320 e. The van der Waals surface area contributed by atoms with Crippen LogP contribution in [0.1, 0.15) is 17.2 Å². The monoisotopic (exact) mass is 334 g/mol. The number of urea groups is 1. The number of carbonyl (C=O) groups excluding carboxylic acids is 1. The Kier molecular flexibility index (Phi) is 5.18. The number of hydrogen-bond donors (Lipinski definition) is 3. The number of para-hydroxylation sites is 1. The molecule has 0 aromatic heterocycles. The number of rotatable bonds is 4. The predicted molar refractivity (Wildman–Crippen MR) is 101 cm³/mol. The van der Waals surface area contributed by atoms with Gasteiger partial charge in [0.05, 0.1) is 11.7 Å². The first kappa shape index (κ1) is 16.1. The van der Waals surface area contributed by atoms with Crippen molar-refractivity contribution < 1.29 is 4.79 Å². The van der Waals surface area contributed by atoms with Crippen LogP contribution in [-0.4, -0.2) is 6.03 Å². The lowest BCUT2D eigenvalue weighted by Gasteiger charge is -2.20. The molecule has 0 fully saturated rings. The van der Waals surface area contributed by atoms with E-state index < -0.39 is 0 Å². The molecule has 3 aromatic rings. The fraction of sp³-hybridized carbons (Fsp3) is 0.0500. The van der Waals surface area contributed by atoms with Gasteiger partial charge in [-0.15, -0.1) is 12.6 Å². The van der Waals surface area contributed by atoms with Gasteiger partial charge in [0.15, 0.2) is 0 Å². The molecule has 0 aliphatic heterocycles. The number of nitrogens with one attached hydrogen (secondary N) is 2. The summed E-state index contributed by atoms with van der Waals surface area (Å²) in [4.78, 5) is 13.2. The molecule has 2 amide bonds. The van der Waals surface area contributed by atoms with Crippen molar-refractivity contribution in [3.63, 3.8) is 0 Å². The molecule has 2 N–H and O–H groups in total. The molecule has 0 saturated carbocycles. The normalized spacial score (nSPS) is 10.4. The molecule has 4 heteroatoms. The van der Waals surface area contributed by atoms with Gasteiger partial charge in [0.1, 0.15) is 0 Å². The molecule has 0 atom stereocenters. The average Bonchev–Trinajstić information content (AvgIpc) is 2.63. The van der Waals surface area contributed by atoms with E-state index in [1.54, 1.807) is 0 Å². The zero-order valence-corrected chi connectivity index (χ0v) is 13.9. The number of carbonyl (C=O) groups is 1. The Morgan fingerprint density at radius 2 is 1.25 bits per heavy atom. The summed E-state index contributed by atoms with van der Waals surface area (Å²) in [6.45, 7) is 0. The van der Waals surface area contributed by atoms with Crippen LogP contribution in [0.5, 0.6) is 0 Å². The van der Waals surface area contributed by atoms with Crippen LogP contribution in [0, 0.1) is 0 Å². The third kappa shape index (κ3) is 3.97. The molecule has 0 aliphatic rings. The third-order valence-corrected chi connectivity index (χ3v) is 4.08. The second-order valence-electron chi connectivity index (χ2n) is 5.37.